The van der Waals surface area contributed by atoms with E-state index in [1.807, 2.05) is 0 Å². The van der Waals surface area contributed by atoms with Crippen molar-refractivity contribution in [1.29, 1.82) is 0 Å². The Morgan fingerprint density at radius 3 is 2.83 bits per heavy atom. The fraction of sp³-hybridized carbons (Fsp3) is 1.00. The molecule has 0 spiro atoms. The van der Waals surface area contributed by atoms with Crippen LogP contribution in [0.2, 0.25) is 5.82 Å². The van der Waals surface area contributed by atoms with E-state index in [1.165, 1.54) is 18.7 Å². The maximum atomic E-state index is 2.32. The van der Waals surface area contributed by atoms with E-state index in [-0.39, 0.29) is 0 Å². The largest absolute Gasteiger partial charge is 0.215 e. The van der Waals surface area contributed by atoms with Crippen molar-refractivity contribution in [3.63, 3.8) is 0 Å². The molecule has 1 aliphatic rings. The zero-order valence-corrected chi connectivity index (χ0v) is 4.92. The Bertz CT molecular complexity index is 40.8. The molecule has 0 bridgehead atoms. The smallest absolute Gasteiger partial charge is 0.194 e. The van der Waals surface area contributed by atoms with Crippen LogP contribution in [0.3, 0.4) is 0 Å². The summed E-state index contributed by atoms with van der Waals surface area (Å²) in [5.74, 6) is 2.41. The molecule has 1 rings (SSSR count). The summed E-state index contributed by atoms with van der Waals surface area (Å²) < 4.78 is 0. The van der Waals surface area contributed by atoms with Gasteiger partial charge in [-0.2, -0.15) is 0 Å². The summed E-state index contributed by atoms with van der Waals surface area (Å²) in [6.45, 7) is 3.72. The molecule has 1 fully saturated rings. The molecule has 0 aromatic carbocycles. The highest BCUT2D eigenvalue weighted by molar-refractivity contribution is 8.23. The Kier molecular flexibility index (Phi) is 1.46. The van der Waals surface area contributed by atoms with E-state index in [1.54, 1.807) is 0 Å². The van der Waals surface area contributed by atoms with Gasteiger partial charge in [-0.05, 0) is 12.2 Å². The van der Waals surface area contributed by atoms with Gasteiger partial charge in [0.05, 0.1) is 0 Å². The predicted molar refractivity (Wildman–Crippen MR) is 33.6 cm³/mol. The fourth-order valence-corrected chi connectivity index (χ4v) is 1.96. The van der Waals surface area contributed by atoms with Crippen molar-refractivity contribution in [1.82, 2.24) is 0 Å². The molecule has 6 heavy (non-hydrogen) atoms. The lowest BCUT2D eigenvalue weighted by molar-refractivity contribution is 0.903. The highest BCUT2D eigenvalue weighted by atomic mass is 32.2. The highest BCUT2D eigenvalue weighted by Gasteiger charge is 2.10. The first-order valence-corrected chi connectivity index (χ1v) is 3.63. The Morgan fingerprint density at radius 2 is 2.67 bits per heavy atom. The summed E-state index contributed by atoms with van der Waals surface area (Å²) in [6.07, 6.45) is 1.45. The Hall–Kier alpha value is 0.415. The average molecular weight is 100.0 g/mol. The quantitative estimate of drug-likeness (QED) is 0.413. The summed E-state index contributed by atoms with van der Waals surface area (Å²) >= 11 is 2.08. The second-order valence-corrected chi connectivity index (χ2v) is 3.12. The van der Waals surface area contributed by atoms with Gasteiger partial charge in [-0.25, -0.2) is 11.6 Å². The highest BCUT2D eigenvalue weighted by Crippen LogP contribution is 2.24. The summed E-state index contributed by atoms with van der Waals surface area (Å²) in [5, 5.41) is 0. The standard InChI is InChI=1S/C4H9BS/c1-4-2-3-6-5-4/h4-5H,2-3H2,1H3/t4-/m0/s1. The van der Waals surface area contributed by atoms with E-state index in [0.717, 1.165) is 5.82 Å². The van der Waals surface area contributed by atoms with Crippen LogP contribution in [0.4, 0.5) is 0 Å². The Balaban J connectivity index is 2.18. The van der Waals surface area contributed by atoms with Gasteiger partial charge < -0.3 is 0 Å². The molecule has 1 saturated heterocycles. The van der Waals surface area contributed by atoms with E-state index >= 15 is 0 Å². The van der Waals surface area contributed by atoms with E-state index < -0.39 is 0 Å². The Morgan fingerprint density at radius 1 is 1.83 bits per heavy atom. The second kappa shape index (κ2) is 1.92. The summed E-state index contributed by atoms with van der Waals surface area (Å²) in [7, 11) is 0. The third-order valence-corrected chi connectivity index (χ3v) is 2.49. The third-order valence-electron chi connectivity index (χ3n) is 1.16. The lowest BCUT2D eigenvalue weighted by Gasteiger charge is -1.88. The van der Waals surface area contributed by atoms with Crippen LogP contribution in [0.15, 0.2) is 0 Å². The number of hydrogen-bond donors (Lipinski definition) is 0. The van der Waals surface area contributed by atoms with Crippen molar-refractivity contribution in [3.05, 3.63) is 0 Å². The van der Waals surface area contributed by atoms with Crippen LogP contribution < -0.4 is 0 Å². The molecule has 1 aliphatic heterocycles. The minimum Gasteiger partial charge on any atom is -0.215 e. The molecule has 0 N–H and O–H groups in total. The van der Waals surface area contributed by atoms with Gasteiger partial charge in [-0.1, -0.05) is 12.7 Å². The summed E-state index contributed by atoms with van der Waals surface area (Å²) in [6, 6.07) is 0. The van der Waals surface area contributed by atoms with Gasteiger partial charge in [0.25, 0.3) is 0 Å². The number of rotatable bonds is 0. The first-order valence-electron chi connectivity index (χ1n) is 2.47. The van der Waals surface area contributed by atoms with Crippen LogP contribution in [0, 0.1) is 0 Å². The molecular weight excluding hydrogens is 90.9 g/mol. The third kappa shape index (κ3) is 0.936. The molecular formula is C4H9BS. The van der Waals surface area contributed by atoms with Gasteiger partial charge in [0.1, 0.15) is 0 Å². The maximum Gasteiger partial charge on any atom is 0.194 e. The number of hydrogen-bond acceptors (Lipinski definition) is 1. The molecule has 0 nitrogen and oxygen atoms in total. The minimum absolute atomic E-state index is 1.01. The molecule has 0 saturated carbocycles. The molecule has 0 aromatic rings. The summed E-state index contributed by atoms with van der Waals surface area (Å²) in [4.78, 5) is 0. The maximum absolute atomic E-state index is 2.32. The summed E-state index contributed by atoms with van der Waals surface area (Å²) in [5.41, 5.74) is 0. The second-order valence-electron chi connectivity index (χ2n) is 1.97. The predicted octanol–water partition coefficient (Wildman–Crippen LogP) is 1.28. The van der Waals surface area contributed by atoms with Crippen LogP contribution in [-0.4, -0.2) is 12.3 Å². The van der Waals surface area contributed by atoms with Gasteiger partial charge in [0.15, 0.2) is 6.56 Å². The molecule has 2 heteroatoms. The van der Waals surface area contributed by atoms with Crippen molar-refractivity contribution in [3.8, 4) is 0 Å². The SMILES string of the molecule is C[C@@H]1BSCC1. The lowest BCUT2D eigenvalue weighted by atomic mass is 9.87. The first kappa shape index (κ1) is 4.57. The molecule has 34 valence electrons. The van der Waals surface area contributed by atoms with Crippen LogP contribution >= 0.6 is 11.6 Å². The van der Waals surface area contributed by atoms with E-state index in [9.17, 15) is 0 Å². The molecule has 0 radical (unpaired) electrons. The van der Waals surface area contributed by atoms with Crippen LogP contribution in [0.5, 0.6) is 0 Å². The molecule has 0 aromatic heterocycles. The van der Waals surface area contributed by atoms with Crippen molar-refractivity contribution in [2.45, 2.75) is 19.2 Å². The molecule has 1 heterocycles. The van der Waals surface area contributed by atoms with Gasteiger partial charge in [-0.15, -0.1) is 0 Å². The lowest BCUT2D eigenvalue weighted by Crippen LogP contribution is -1.81. The normalized spacial score (nSPS) is 33.2. The van der Waals surface area contributed by atoms with Gasteiger partial charge in [0, 0.05) is 0 Å². The minimum atomic E-state index is 1.01. The van der Waals surface area contributed by atoms with E-state index in [2.05, 4.69) is 18.5 Å². The molecule has 0 unspecified atom stereocenters. The monoisotopic (exact) mass is 100 g/mol. The average Bonchev–Trinajstić information content (AvgIpc) is 1.86. The molecule has 1 atom stereocenters. The van der Waals surface area contributed by atoms with Crippen LogP contribution in [0.1, 0.15) is 13.3 Å². The zero-order valence-electron chi connectivity index (χ0n) is 4.11. The molecule has 0 amide bonds. The van der Waals surface area contributed by atoms with Crippen LogP contribution in [0.25, 0.3) is 0 Å². The van der Waals surface area contributed by atoms with Crippen molar-refractivity contribution in [2.24, 2.45) is 0 Å². The van der Waals surface area contributed by atoms with Crippen molar-refractivity contribution < 1.29 is 0 Å². The van der Waals surface area contributed by atoms with E-state index in [4.69, 9.17) is 0 Å². The fourth-order valence-electron chi connectivity index (χ4n) is 0.652. The van der Waals surface area contributed by atoms with E-state index in [0.29, 0.717) is 0 Å². The Labute approximate surface area is 43.8 Å². The van der Waals surface area contributed by atoms with Crippen molar-refractivity contribution >= 4 is 18.2 Å². The first-order chi connectivity index (χ1) is 2.89. The topological polar surface area (TPSA) is 0 Å². The van der Waals surface area contributed by atoms with Gasteiger partial charge in [0.2, 0.25) is 0 Å². The van der Waals surface area contributed by atoms with Gasteiger partial charge in [-0.3, -0.25) is 0 Å². The zero-order chi connectivity index (χ0) is 4.41. The van der Waals surface area contributed by atoms with Crippen molar-refractivity contribution in [2.75, 3.05) is 5.75 Å². The van der Waals surface area contributed by atoms with Gasteiger partial charge >= 0.3 is 0 Å². The van der Waals surface area contributed by atoms with Crippen LogP contribution in [-0.2, 0) is 0 Å². The molecule has 0 aliphatic carbocycles.